The summed E-state index contributed by atoms with van der Waals surface area (Å²) in [5.41, 5.74) is 0. The van der Waals surface area contributed by atoms with Crippen LogP contribution in [0.2, 0.25) is 0 Å². The highest BCUT2D eigenvalue weighted by atomic mass is 32.1. The molecule has 0 amide bonds. The molecule has 2 heterocycles. The van der Waals surface area contributed by atoms with Crippen molar-refractivity contribution in [2.75, 3.05) is 31.6 Å². The molecule has 0 unspecified atom stereocenters. The largest absolute Gasteiger partial charge is 0.348 e. The van der Waals surface area contributed by atoms with E-state index < -0.39 is 0 Å². The molecule has 0 radical (unpaired) electrons. The van der Waals surface area contributed by atoms with Gasteiger partial charge >= 0.3 is 0 Å². The molecular formula is C8H15N5S. The van der Waals surface area contributed by atoms with E-state index in [0.29, 0.717) is 0 Å². The summed E-state index contributed by atoms with van der Waals surface area (Å²) in [6, 6.07) is 0. The van der Waals surface area contributed by atoms with E-state index in [4.69, 9.17) is 0 Å². The topological polar surface area (TPSA) is 53.9 Å². The van der Waals surface area contributed by atoms with Crippen LogP contribution in [0.1, 0.15) is 12.8 Å². The van der Waals surface area contributed by atoms with E-state index in [-0.39, 0.29) is 0 Å². The zero-order chi connectivity index (χ0) is 9.80. The third-order valence-corrected chi connectivity index (χ3v) is 3.32. The summed E-state index contributed by atoms with van der Waals surface area (Å²) in [6.07, 6.45) is 2.52. The molecule has 1 aliphatic heterocycles. The summed E-state index contributed by atoms with van der Waals surface area (Å²) in [5.74, 6) is 0.783. The molecule has 0 atom stereocenters. The quantitative estimate of drug-likeness (QED) is 0.786. The molecule has 1 aliphatic rings. The molecule has 0 saturated carbocycles. The lowest BCUT2D eigenvalue weighted by Gasteiger charge is -2.26. The van der Waals surface area contributed by atoms with Crippen LogP contribution in [0, 0.1) is 5.92 Å². The van der Waals surface area contributed by atoms with Crippen molar-refractivity contribution in [3.8, 4) is 0 Å². The van der Waals surface area contributed by atoms with Crippen molar-refractivity contribution < 1.29 is 0 Å². The number of nitrogens with one attached hydrogen (secondary N) is 1. The van der Waals surface area contributed by atoms with E-state index in [0.717, 1.165) is 30.7 Å². The lowest BCUT2D eigenvalue weighted by Crippen LogP contribution is -2.34. The summed E-state index contributed by atoms with van der Waals surface area (Å²) in [7, 11) is 2.06. The lowest BCUT2D eigenvalue weighted by atomic mass is 9.98. The molecule has 0 aliphatic carbocycles. The summed E-state index contributed by atoms with van der Waals surface area (Å²) in [5, 5.41) is 11.8. The molecule has 1 fully saturated rings. The Morgan fingerprint density at radius 3 is 2.93 bits per heavy atom. The van der Waals surface area contributed by atoms with Crippen molar-refractivity contribution in [3.05, 3.63) is 0 Å². The van der Waals surface area contributed by atoms with Crippen LogP contribution in [0.5, 0.6) is 0 Å². The molecular weight excluding hydrogens is 198 g/mol. The van der Waals surface area contributed by atoms with Crippen LogP contribution in [0.3, 0.4) is 0 Å². The maximum atomic E-state index is 3.95. The van der Waals surface area contributed by atoms with Gasteiger partial charge in [-0.2, -0.15) is 0 Å². The first kappa shape index (κ1) is 9.79. The zero-order valence-electron chi connectivity index (χ0n) is 8.31. The lowest BCUT2D eigenvalue weighted by molar-refractivity contribution is 0.377. The van der Waals surface area contributed by atoms with Gasteiger partial charge in [0.2, 0.25) is 5.13 Å². The molecule has 0 spiro atoms. The van der Waals surface area contributed by atoms with Gasteiger partial charge in [0.15, 0.2) is 0 Å². The van der Waals surface area contributed by atoms with Gasteiger partial charge in [-0.05, 0) is 37.1 Å². The van der Waals surface area contributed by atoms with E-state index in [9.17, 15) is 0 Å². The Morgan fingerprint density at radius 1 is 1.50 bits per heavy atom. The second kappa shape index (κ2) is 4.65. The number of aromatic nitrogens is 3. The van der Waals surface area contributed by atoms with Crippen molar-refractivity contribution in [2.24, 2.45) is 5.92 Å². The third kappa shape index (κ3) is 2.39. The minimum atomic E-state index is 0.783. The van der Waals surface area contributed by atoms with Gasteiger partial charge in [0.1, 0.15) is 0 Å². The van der Waals surface area contributed by atoms with Crippen LogP contribution in [-0.4, -0.2) is 41.5 Å². The van der Waals surface area contributed by atoms with Gasteiger partial charge in [0, 0.05) is 25.1 Å². The average Bonchev–Trinajstić information content (AvgIpc) is 2.72. The maximum Gasteiger partial charge on any atom is 0.227 e. The van der Waals surface area contributed by atoms with Crippen molar-refractivity contribution in [3.63, 3.8) is 0 Å². The Balaban J connectivity index is 1.84. The van der Waals surface area contributed by atoms with Crippen molar-refractivity contribution in [2.45, 2.75) is 12.8 Å². The van der Waals surface area contributed by atoms with Crippen LogP contribution >= 0.6 is 11.5 Å². The fourth-order valence-electron chi connectivity index (χ4n) is 1.81. The van der Waals surface area contributed by atoms with E-state index >= 15 is 0 Å². The predicted octanol–water partition coefficient (Wildman–Crippen LogP) is 0.369. The van der Waals surface area contributed by atoms with Gasteiger partial charge in [-0.1, -0.05) is 9.59 Å². The first-order chi connectivity index (χ1) is 6.86. The van der Waals surface area contributed by atoms with E-state index in [2.05, 4.69) is 32.1 Å². The first-order valence-electron chi connectivity index (χ1n) is 4.93. The molecule has 1 saturated heterocycles. The molecule has 1 aromatic rings. The molecule has 2 rings (SSSR count). The summed E-state index contributed by atoms with van der Waals surface area (Å²) < 4.78 is 3.76. The molecule has 6 heteroatoms. The summed E-state index contributed by atoms with van der Waals surface area (Å²) in [4.78, 5) is 2.15. The Bertz CT molecular complexity index is 257. The second-order valence-corrected chi connectivity index (χ2v) is 4.43. The highest BCUT2D eigenvalue weighted by molar-refractivity contribution is 7.09. The van der Waals surface area contributed by atoms with Crippen molar-refractivity contribution in [1.82, 2.24) is 20.1 Å². The van der Waals surface area contributed by atoms with Gasteiger partial charge in [-0.15, -0.1) is 0 Å². The predicted molar refractivity (Wildman–Crippen MR) is 56.6 cm³/mol. The van der Waals surface area contributed by atoms with Crippen LogP contribution in [0.25, 0.3) is 0 Å². The number of anilines is 1. The number of hydrogen-bond acceptors (Lipinski definition) is 6. The average molecular weight is 213 g/mol. The second-order valence-electron chi connectivity index (χ2n) is 3.72. The number of nitrogens with zero attached hydrogens (tertiary/aromatic N) is 4. The summed E-state index contributed by atoms with van der Waals surface area (Å²) >= 11 is 1.36. The molecule has 14 heavy (non-hydrogen) atoms. The van der Waals surface area contributed by atoms with Crippen LogP contribution in [0.15, 0.2) is 0 Å². The smallest absolute Gasteiger partial charge is 0.227 e. The molecule has 1 N–H and O–H groups in total. The van der Waals surface area contributed by atoms with Gasteiger partial charge in [-0.25, -0.2) is 0 Å². The number of piperidine rings is 1. The maximum absolute atomic E-state index is 3.95. The van der Waals surface area contributed by atoms with Gasteiger partial charge < -0.3 is 10.2 Å². The van der Waals surface area contributed by atoms with Crippen LogP contribution in [0.4, 0.5) is 5.13 Å². The molecule has 1 aromatic heterocycles. The fourth-order valence-corrected chi connectivity index (χ4v) is 2.24. The normalized spacial score (nSPS) is 18.4. The summed E-state index contributed by atoms with van der Waals surface area (Å²) in [6.45, 7) is 3.36. The van der Waals surface area contributed by atoms with Crippen molar-refractivity contribution >= 4 is 16.7 Å². The minimum absolute atomic E-state index is 0.783. The SMILES string of the molecule is CN(CC1CCNCC1)c1nnns1. The standard InChI is InChI=1S/C8H15N5S/c1-13(8-10-11-12-14-8)6-7-2-4-9-5-3-7/h7,9H,2-6H2,1H3. The van der Waals surface area contributed by atoms with Gasteiger partial charge in [0.05, 0.1) is 0 Å². The molecule has 0 aromatic carbocycles. The van der Waals surface area contributed by atoms with Crippen LogP contribution < -0.4 is 10.2 Å². The Hall–Kier alpha value is -0.750. The fraction of sp³-hybridized carbons (Fsp3) is 0.875. The van der Waals surface area contributed by atoms with Gasteiger partial charge in [-0.3, -0.25) is 0 Å². The molecule has 78 valence electrons. The van der Waals surface area contributed by atoms with E-state index in [1.807, 2.05) is 0 Å². The molecule has 0 bridgehead atoms. The number of hydrogen-bond donors (Lipinski definition) is 1. The van der Waals surface area contributed by atoms with E-state index in [1.54, 1.807) is 0 Å². The highest BCUT2D eigenvalue weighted by Crippen LogP contribution is 2.17. The Labute approximate surface area is 87.7 Å². The highest BCUT2D eigenvalue weighted by Gasteiger charge is 2.16. The van der Waals surface area contributed by atoms with Crippen molar-refractivity contribution in [1.29, 1.82) is 0 Å². The molecule has 5 nitrogen and oxygen atoms in total. The van der Waals surface area contributed by atoms with Gasteiger partial charge in [0.25, 0.3) is 0 Å². The Morgan fingerprint density at radius 2 is 2.29 bits per heavy atom. The van der Waals surface area contributed by atoms with Crippen LogP contribution in [-0.2, 0) is 0 Å². The number of rotatable bonds is 3. The first-order valence-corrected chi connectivity index (χ1v) is 5.70. The Kier molecular flexibility index (Phi) is 3.26. The zero-order valence-corrected chi connectivity index (χ0v) is 9.13. The van der Waals surface area contributed by atoms with E-state index in [1.165, 1.54) is 24.4 Å². The monoisotopic (exact) mass is 213 g/mol. The minimum Gasteiger partial charge on any atom is -0.348 e. The third-order valence-electron chi connectivity index (χ3n) is 2.61.